The summed E-state index contributed by atoms with van der Waals surface area (Å²) in [6, 6.07) is 9.60. The Morgan fingerprint density at radius 3 is 2.44 bits per heavy atom. The van der Waals surface area contributed by atoms with Gasteiger partial charge in [-0.3, -0.25) is 9.69 Å². The van der Waals surface area contributed by atoms with E-state index in [0.29, 0.717) is 5.56 Å². The van der Waals surface area contributed by atoms with Crippen molar-refractivity contribution in [3.8, 4) is 5.69 Å². The normalized spacial score (nSPS) is 14.4. The van der Waals surface area contributed by atoms with Crippen molar-refractivity contribution in [3.05, 3.63) is 81.7 Å². The molecule has 4 rings (SSSR count). The molecule has 186 valence electrons. The van der Waals surface area contributed by atoms with E-state index in [0.717, 1.165) is 33.1 Å². The van der Waals surface area contributed by atoms with E-state index in [9.17, 15) is 19.2 Å². The molecule has 3 amide bonds. The van der Waals surface area contributed by atoms with Crippen LogP contribution in [0.4, 0.5) is 4.79 Å². The standard InChI is InChI=1S/C26H25N3O7/c1-14-11-17(16(3)29(14)21-8-6-7-19(15(21)2)24(31)34-4)12-20-23(30)28(26(33)27-20)13-18-9-10-22(36-18)25(32)35-5/h6-12H,13H2,1-5H3,(H,27,33). The summed E-state index contributed by atoms with van der Waals surface area (Å²) < 4.78 is 16.8. The Bertz CT molecular complexity index is 1430. The highest BCUT2D eigenvalue weighted by Gasteiger charge is 2.34. The van der Waals surface area contributed by atoms with Crippen LogP contribution in [0, 0.1) is 20.8 Å². The van der Waals surface area contributed by atoms with E-state index in [1.54, 1.807) is 18.2 Å². The van der Waals surface area contributed by atoms with Crippen molar-refractivity contribution in [1.29, 1.82) is 0 Å². The van der Waals surface area contributed by atoms with Crippen molar-refractivity contribution < 1.29 is 33.1 Å². The van der Waals surface area contributed by atoms with Crippen molar-refractivity contribution in [2.24, 2.45) is 0 Å². The van der Waals surface area contributed by atoms with Crippen LogP contribution in [0.15, 0.2) is 46.5 Å². The third-order valence-electron chi connectivity index (χ3n) is 6.05. The van der Waals surface area contributed by atoms with Gasteiger partial charge in [-0.05, 0) is 68.3 Å². The Balaban J connectivity index is 1.63. The number of amides is 3. The summed E-state index contributed by atoms with van der Waals surface area (Å²) >= 11 is 0. The van der Waals surface area contributed by atoms with E-state index >= 15 is 0 Å². The average Bonchev–Trinajstić information content (AvgIpc) is 3.52. The molecule has 1 N–H and O–H groups in total. The molecule has 1 aliphatic heterocycles. The van der Waals surface area contributed by atoms with Crippen LogP contribution in [-0.4, -0.2) is 47.6 Å². The second-order valence-electron chi connectivity index (χ2n) is 8.24. The molecule has 0 spiro atoms. The Labute approximate surface area is 207 Å². The maximum atomic E-state index is 13.0. The van der Waals surface area contributed by atoms with Gasteiger partial charge in [0.15, 0.2) is 0 Å². The fraction of sp³-hybridized carbons (Fsp3) is 0.231. The molecule has 0 atom stereocenters. The fourth-order valence-corrected chi connectivity index (χ4v) is 4.20. The summed E-state index contributed by atoms with van der Waals surface area (Å²) in [5.41, 5.74) is 4.56. The quantitative estimate of drug-likeness (QED) is 0.317. The van der Waals surface area contributed by atoms with E-state index in [4.69, 9.17) is 9.15 Å². The molecule has 1 aliphatic rings. The van der Waals surface area contributed by atoms with Crippen molar-refractivity contribution in [2.75, 3.05) is 14.2 Å². The molecule has 2 aromatic heterocycles. The van der Waals surface area contributed by atoms with Gasteiger partial charge in [0.25, 0.3) is 5.91 Å². The molecule has 1 fully saturated rings. The molecule has 1 saturated heterocycles. The number of nitrogens with zero attached hydrogens (tertiary/aromatic N) is 2. The van der Waals surface area contributed by atoms with Gasteiger partial charge in [-0.25, -0.2) is 14.4 Å². The van der Waals surface area contributed by atoms with E-state index < -0.39 is 23.9 Å². The lowest BCUT2D eigenvalue weighted by Gasteiger charge is -2.15. The number of furan rings is 1. The van der Waals surface area contributed by atoms with Gasteiger partial charge in [-0.2, -0.15) is 0 Å². The molecular weight excluding hydrogens is 466 g/mol. The number of rotatable bonds is 6. The largest absolute Gasteiger partial charge is 0.465 e. The second-order valence-corrected chi connectivity index (χ2v) is 8.24. The number of imide groups is 1. The summed E-state index contributed by atoms with van der Waals surface area (Å²) in [5.74, 6) is -1.35. The SMILES string of the molecule is COC(=O)c1ccc(CN2C(=O)NC(=Cc3cc(C)n(-c4cccc(C(=O)OC)c4C)c3C)C2=O)o1. The van der Waals surface area contributed by atoms with Crippen LogP contribution in [0.25, 0.3) is 11.8 Å². The van der Waals surface area contributed by atoms with Gasteiger partial charge in [-0.1, -0.05) is 6.07 Å². The number of hydrogen-bond donors (Lipinski definition) is 1. The highest BCUT2D eigenvalue weighted by atomic mass is 16.5. The number of esters is 2. The van der Waals surface area contributed by atoms with E-state index in [1.165, 1.54) is 26.4 Å². The van der Waals surface area contributed by atoms with Crippen LogP contribution < -0.4 is 5.32 Å². The molecule has 36 heavy (non-hydrogen) atoms. The monoisotopic (exact) mass is 491 g/mol. The fourth-order valence-electron chi connectivity index (χ4n) is 4.20. The molecule has 1 aromatic carbocycles. The summed E-state index contributed by atoms with van der Waals surface area (Å²) in [6.07, 6.45) is 1.61. The minimum Gasteiger partial charge on any atom is -0.465 e. The summed E-state index contributed by atoms with van der Waals surface area (Å²) in [7, 11) is 2.57. The number of nitrogens with one attached hydrogen (secondary N) is 1. The Kier molecular flexibility index (Phi) is 6.52. The van der Waals surface area contributed by atoms with E-state index in [-0.39, 0.29) is 23.8 Å². The minimum absolute atomic E-state index is 0.0191. The lowest BCUT2D eigenvalue weighted by molar-refractivity contribution is -0.123. The molecular formula is C26H25N3O7. The number of aryl methyl sites for hydroxylation is 1. The first kappa shape index (κ1) is 24.5. The molecule has 0 aliphatic carbocycles. The molecule has 3 heterocycles. The van der Waals surface area contributed by atoms with Crippen LogP contribution in [0.3, 0.4) is 0 Å². The molecule has 10 nitrogen and oxygen atoms in total. The number of benzene rings is 1. The molecule has 0 radical (unpaired) electrons. The number of carbonyl (C=O) groups excluding carboxylic acids is 4. The van der Waals surface area contributed by atoms with E-state index in [2.05, 4.69) is 10.1 Å². The molecule has 3 aromatic rings. The maximum absolute atomic E-state index is 13.0. The number of aromatic nitrogens is 1. The number of urea groups is 1. The third kappa shape index (κ3) is 4.28. The second kappa shape index (κ2) is 9.57. The predicted octanol–water partition coefficient (Wildman–Crippen LogP) is 3.66. The number of carbonyl (C=O) groups is 4. The summed E-state index contributed by atoms with van der Waals surface area (Å²) in [6.45, 7) is 5.51. The van der Waals surface area contributed by atoms with Crippen molar-refractivity contribution in [3.63, 3.8) is 0 Å². The van der Waals surface area contributed by atoms with Crippen molar-refractivity contribution >= 4 is 30.0 Å². The van der Waals surface area contributed by atoms with Gasteiger partial charge in [-0.15, -0.1) is 0 Å². The zero-order valence-electron chi connectivity index (χ0n) is 20.5. The molecule has 0 saturated carbocycles. The lowest BCUT2D eigenvalue weighted by atomic mass is 10.1. The van der Waals surface area contributed by atoms with Gasteiger partial charge in [0, 0.05) is 17.1 Å². The highest BCUT2D eigenvalue weighted by molar-refractivity contribution is 6.14. The average molecular weight is 492 g/mol. The van der Waals surface area contributed by atoms with E-state index in [1.807, 2.05) is 37.5 Å². The van der Waals surface area contributed by atoms with Gasteiger partial charge >= 0.3 is 18.0 Å². The zero-order chi connectivity index (χ0) is 26.1. The first-order chi connectivity index (χ1) is 17.2. The van der Waals surface area contributed by atoms with Crippen LogP contribution >= 0.6 is 0 Å². The molecule has 0 unspecified atom stereocenters. The zero-order valence-corrected chi connectivity index (χ0v) is 20.5. The first-order valence-electron chi connectivity index (χ1n) is 11.0. The molecule has 0 bridgehead atoms. The smallest absolute Gasteiger partial charge is 0.373 e. The van der Waals surface area contributed by atoms with Gasteiger partial charge in [0.1, 0.15) is 11.5 Å². The third-order valence-corrected chi connectivity index (χ3v) is 6.05. The van der Waals surface area contributed by atoms with Crippen LogP contribution in [0.5, 0.6) is 0 Å². The van der Waals surface area contributed by atoms with Crippen LogP contribution in [0.2, 0.25) is 0 Å². The predicted molar refractivity (Wildman–Crippen MR) is 128 cm³/mol. The Hall–Kier alpha value is -4.60. The van der Waals surface area contributed by atoms with Crippen molar-refractivity contribution in [1.82, 2.24) is 14.8 Å². The minimum atomic E-state index is -0.651. The van der Waals surface area contributed by atoms with Gasteiger partial charge in [0.2, 0.25) is 5.76 Å². The number of hydrogen-bond acceptors (Lipinski definition) is 7. The Morgan fingerprint density at radius 2 is 1.75 bits per heavy atom. The van der Waals surface area contributed by atoms with Crippen LogP contribution in [-0.2, 0) is 20.8 Å². The number of ether oxygens (including phenoxy) is 2. The maximum Gasteiger partial charge on any atom is 0.373 e. The lowest BCUT2D eigenvalue weighted by Crippen LogP contribution is -2.30. The summed E-state index contributed by atoms with van der Waals surface area (Å²) in [5, 5.41) is 2.60. The Morgan fingerprint density at radius 1 is 1.03 bits per heavy atom. The van der Waals surface area contributed by atoms with Crippen LogP contribution in [0.1, 0.15) is 49.2 Å². The van der Waals surface area contributed by atoms with Crippen molar-refractivity contribution in [2.45, 2.75) is 27.3 Å². The highest BCUT2D eigenvalue weighted by Crippen LogP contribution is 2.27. The topological polar surface area (TPSA) is 120 Å². The summed E-state index contributed by atoms with van der Waals surface area (Å²) in [4.78, 5) is 50.2. The van der Waals surface area contributed by atoms with Gasteiger partial charge in [0.05, 0.1) is 26.3 Å². The first-order valence-corrected chi connectivity index (χ1v) is 11.0. The number of methoxy groups -OCH3 is 2. The van der Waals surface area contributed by atoms with Gasteiger partial charge < -0.3 is 23.8 Å². The molecule has 10 heteroatoms.